The first kappa shape index (κ1) is 17.9. The van der Waals surface area contributed by atoms with E-state index >= 15 is 4.39 Å². The molecule has 26 heavy (non-hydrogen) atoms. The van der Waals surface area contributed by atoms with Crippen molar-refractivity contribution in [3.8, 4) is 5.75 Å². The minimum atomic E-state index is -1.64. The maximum absolute atomic E-state index is 15.2. The molecule has 0 saturated carbocycles. The van der Waals surface area contributed by atoms with Crippen LogP contribution in [-0.2, 0) is 17.0 Å². The van der Waals surface area contributed by atoms with Crippen molar-refractivity contribution in [3.05, 3.63) is 65.2 Å². The standard InChI is InChI=1S/C20H20FNO4/c21-20(17-7-6-16(13-23)18(24)12-17)8-10-22(11-9-20)19(25)26-14-15-4-2-1-3-5-15/h1-7,12-13,24H,8-11,14H2. The third-order valence-corrected chi connectivity index (χ3v) is 4.69. The SMILES string of the molecule is O=Cc1ccc(C2(F)CCN(C(=O)OCc3ccccc3)CC2)cc1O. The Labute approximate surface area is 151 Å². The zero-order chi connectivity index (χ0) is 18.6. The fourth-order valence-electron chi connectivity index (χ4n) is 3.07. The van der Waals surface area contributed by atoms with Crippen molar-refractivity contribution in [2.24, 2.45) is 0 Å². The smallest absolute Gasteiger partial charge is 0.410 e. The van der Waals surface area contributed by atoms with Gasteiger partial charge in [-0.15, -0.1) is 0 Å². The molecule has 5 nitrogen and oxygen atoms in total. The molecule has 1 N–H and O–H groups in total. The van der Waals surface area contributed by atoms with Crippen molar-refractivity contribution < 1.29 is 23.8 Å². The van der Waals surface area contributed by atoms with Crippen LogP contribution in [0.15, 0.2) is 48.5 Å². The van der Waals surface area contributed by atoms with Crippen LogP contribution in [0.2, 0.25) is 0 Å². The number of likely N-dealkylation sites (tertiary alicyclic amines) is 1. The zero-order valence-electron chi connectivity index (χ0n) is 14.2. The number of ether oxygens (including phenoxy) is 1. The summed E-state index contributed by atoms with van der Waals surface area (Å²) >= 11 is 0. The van der Waals surface area contributed by atoms with Gasteiger partial charge in [-0.3, -0.25) is 4.79 Å². The molecule has 1 aliphatic heterocycles. The fourth-order valence-corrected chi connectivity index (χ4v) is 3.07. The van der Waals surface area contributed by atoms with Gasteiger partial charge in [0.05, 0.1) is 5.56 Å². The van der Waals surface area contributed by atoms with Crippen molar-refractivity contribution in [3.63, 3.8) is 0 Å². The molecule has 0 bridgehead atoms. The van der Waals surface area contributed by atoms with Gasteiger partial charge in [0, 0.05) is 25.9 Å². The number of alkyl halides is 1. The summed E-state index contributed by atoms with van der Waals surface area (Å²) in [6, 6.07) is 13.5. The molecule has 0 aromatic heterocycles. The van der Waals surface area contributed by atoms with E-state index in [4.69, 9.17) is 4.74 Å². The average Bonchev–Trinajstić information content (AvgIpc) is 2.67. The summed E-state index contributed by atoms with van der Waals surface area (Å²) in [5.41, 5.74) is -0.310. The predicted octanol–water partition coefficient (Wildman–Crippen LogP) is 3.80. The maximum atomic E-state index is 15.2. The van der Waals surface area contributed by atoms with E-state index in [0.29, 0.717) is 11.8 Å². The Balaban J connectivity index is 1.58. The Morgan fingerprint density at radius 3 is 2.50 bits per heavy atom. The number of carbonyl (C=O) groups excluding carboxylic acids is 2. The van der Waals surface area contributed by atoms with E-state index in [1.54, 1.807) is 0 Å². The van der Waals surface area contributed by atoms with Crippen LogP contribution in [0.25, 0.3) is 0 Å². The first-order chi connectivity index (χ1) is 12.5. The summed E-state index contributed by atoms with van der Waals surface area (Å²) < 4.78 is 20.5. The Morgan fingerprint density at radius 1 is 1.19 bits per heavy atom. The molecule has 0 aliphatic carbocycles. The molecule has 0 unspecified atom stereocenters. The molecule has 136 valence electrons. The second-order valence-corrected chi connectivity index (χ2v) is 6.38. The van der Waals surface area contributed by atoms with E-state index in [2.05, 4.69) is 0 Å². The van der Waals surface area contributed by atoms with Crippen LogP contribution >= 0.6 is 0 Å². The van der Waals surface area contributed by atoms with Gasteiger partial charge in [0.2, 0.25) is 0 Å². The summed E-state index contributed by atoms with van der Waals surface area (Å²) in [5.74, 6) is -0.237. The Bertz CT molecular complexity index is 786. The molecule has 1 heterocycles. The van der Waals surface area contributed by atoms with Crippen LogP contribution in [0.4, 0.5) is 9.18 Å². The summed E-state index contributed by atoms with van der Waals surface area (Å²) in [4.78, 5) is 24.4. The highest BCUT2D eigenvalue weighted by molar-refractivity contribution is 5.79. The lowest BCUT2D eigenvalue weighted by molar-refractivity contribution is 0.0390. The first-order valence-corrected chi connectivity index (χ1v) is 8.45. The minimum absolute atomic E-state index is 0.104. The molecule has 0 atom stereocenters. The topological polar surface area (TPSA) is 66.8 Å². The summed E-state index contributed by atoms with van der Waals surface area (Å²) in [7, 11) is 0. The number of rotatable bonds is 4. The van der Waals surface area contributed by atoms with E-state index in [0.717, 1.165) is 5.56 Å². The average molecular weight is 357 g/mol. The molecule has 0 radical (unpaired) electrons. The maximum Gasteiger partial charge on any atom is 0.410 e. The molecule has 1 amide bonds. The van der Waals surface area contributed by atoms with Crippen LogP contribution < -0.4 is 0 Å². The quantitative estimate of drug-likeness (QED) is 0.845. The predicted molar refractivity (Wildman–Crippen MR) is 93.7 cm³/mol. The Kier molecular flexibility index (Phi) is 5.21. The van der Waals surface area contributed by atoms with Gasteiger partial charge in [0.1, 0.15) is 18.0 Å². The van der Waals surface area contributed by atoms with Crippen LogP contribution in [-0.4, -0.2) is 35.5 Å². The van der Waals surface area contributed by atoms with Crippen molar-refractivity contribution in [2.45, 2.75) is 25.1 Å². The Hall–Kier alpha value is -2.89. The number of aldehydes is 1. The molecule has 1 aliphatic rings. The number of phenols is 1. The van der Waals surface area contributed by atoms with E-state index in [-0.39, 0.29) is 43.9 Å². The van der Waals surface area contributed by atoms with Gasteiger partial charge < -0.3 is 14.7 Å². The lowest BCUT2D eigenvalue weighted by Gasteiger charge is -2.36. The lowest BCUT2D eigenvalue weighted by Crippen LogP contribution is -2.43. The monoisotopic (exact) mass is 357 g/mol. The van der Waals surface area contributed by atoms with Crippen molar-refractivity contribution in [1.82, 2.24) is 4.90 Å². The number of hydrogen-bond acceptors (Lipinski definition) is 4. The number of piperidine rings is 1. The lowest BCUT2D eigenvalue weighted by atomic mass is 9.85. The van der Waals surface area contributed by atoms with Crippen molar-refractivity contribution in [1.29, 1.82) is 0 Å². The summed E-state index contributed by atoms with van der Waals surface area (Å²) in [6.07, 6.45) is 0.269. The molecule has 2 aromatic rings. The van der Waals surface area contributed by atoms with Gasteiger partial charge in [0.15, 0.2) is 6.29 Å². The van der Waals surface area contributed by atoms with E-state index < -0.39 is 11.8 Å². The molecule has 3 rings (SSSR count). The van der Waals surface area contributed by atoms with Crippen LogP contribution in [0.3, 0.4) is 0 Å². The van der Waals surface area contributed by atoms with Gasteiger partial charge in [-0.1, -0.05) is 36.4 Å². The largest absolute Gasteiger partial charge is 0.507 e. The number of amides is 1. The molecule has 6 heteroatoms. The number of carbonyl (C=O) groups is 2. The molecular formula is C20H20FNO4. The molecule has 1 saturated heterocycles. The molecule has 0 spiro atoms. The number of phenolic OH excluding ortho intramolecular Hbond substituents is 1. The van der Waals surface area contributed by atoms with Gasteiger partial charge in [-0.2, -0.15) is 0 Å². The number of nitrogens with zero attached hydrogens (tertiary/aromatic N) is 1. The normalized spacial score (nSPS) is 16.1. The number of halogens is 1. The third kappa shape index (κ3) is 3.85. The number of aromatic hydroxyl groups is 1. The van der Waals surface area contributed by atoms with Crippen LogP contribution in [0, 0.1) is 0 Å². The van der Waals surface area contributed by atoms with Crippen LogP contribution in [0.5, 0.6) is 5.75 Å². The number of benzene rings is 2. The first-order valence-electron chi connectivity index (χ1n) is 8.45. The van der Waals surface area contributed by atoms with E-state index in [9.17, 15) is 14.7 Å². The van der Waals surface area contributed by atoms with Crippen molar-refractivity contribution >= 4 is 12.4 Å². The summed E-state index contributed by atoms with van der Waals surface area (Å²) in [5, 5.41) is 9.77. The van der Waals surface area contributed by atoms with E-state index in [1.807, 2.05) is 30.3 Å². The number of hydrogen-bond donors (Lipinski definition) is 1. The highest BCUT2D eigenvalue weighted by Gasteiger charge is 2.38. The minimum Gasteiger partial charge on any atom is -0.507 e. The highest BCUT2D eigenvalue weighted by atomic mass is 19.1. The second-order valence-electron chi connectivity index (χ2n) is 6.38. The van der Waals surface area contributed by atoms with Gasteiger partial charge >= 0.3 is 6.09 Å². The van der Waals surface area contributed by atoms with Gasteiger partial charge in [0.25, 0.3) is 0 Å². The molecule has 1 fully saturated rings. The summed E-state index contributed by atoms with van der Waals surface area (Å²) in [6.45, 7) is 0.624. The molecule has 2 aromatic carbocycles. The van der Waals surface area contributed by atoms with Gasteiger partial charge in [-0.25, -0.2) is 9.18 Å². The fraction of sp³-hybridized carbons (Fsp3) is 0.300. The third-order valence-electron chi connectivity index (χ3n) is 4.69. The van der Waals surface area contributed by atoms with Crippen LogP contribution in [0.1, 0.15) is 34.3 Å². The second kappa shape index (κ2) is 7.56. The molecular weight excluding hydrogens is 337 g/mol. The van der Waals surface area contributed by atoms with Crippen molar-refractivity contribution in [2.75, 3.05) is 13.1 Å². The van der Waals surface area contributed by atoms with Gasteiger partial charge in [-0.05, 0) is 23.3 Å². The zero-order valence-corrected chi connectivity index (χ0v) is 14.2. The Morgan fingerprint density at radius 2 is 1.88 bits per heavy atom. The van der Waals surface area contributed by atoms with E-state index in [1.165, 1.54) is 23.1 Å². The highest BCUT2D eigenvalue weighted by Crippen LogP contribution is 2.38.